The number of carbonyl (C=O) groups is 1. The summed E-state index contributed by atoms with van der Waals surface area (Å²) in [5, 5.41) is 10.7. The van der Waals surface area contributed by atoms with Gasteiger partial charge in [-0.25, -0.2) is 19.5 Å². The molecule has 3 rings (SSSR count). The monoisotopic (exact) mass is 311 g/mol. The first-order valence-electron chi connectivity index (χ1n) is 7.28. The van der Waals surface area contributed by atoms with Gasteiger partial charge in [-0.1, -0.05) is 30.3 Å². The van der Waals surface area contributed by atoms with Gasteiger partial charge >= 0.3 is 6.09 Å². The Morgan fingerprint density at radius 2 is 2.00 bits per heavy atom. The maximum Gasteiger partial charge on any atom is 0.426 e. The molecule has 6 nitrogen and oxygen atoms in total. The summed E-state index contributed by atoms with van der Waals surface area (Å²) in [6.45, 7) is 2.40. The first kappa shape index (κ1) is 14.9. The van der Waals surface area contributed by atoms with E-state index in [1.807, 2.05) is 55.5 Å². The van der Waals surface area contributed by atoms with Crippen molar-refractivity contribution in [3.8, 4) is 5.75 Å². The quantitative estimate of drug-likeness (QED) is 0.786. The number of hydrogen-bond donors (Lipinski definition) is 1. The van der Waals surface area contributed by atoms with E-state index in [1.54, 1.807) is 4.68 Å². The summed E-state index contributed by atoms with van der Waals surface area (Å²) in [6.07, 6.45) is 0.469. The number of para-hydroxylation sites is 2. The standard InChI is InChI=1S/C17H17N3O3/c1-13-6-5-9-15-16(13)18-12-20(15)19(17(21)22)10-11-23-14-7-3-2-4-8-14/h2-9,12H,10-11H2,1H3,(H,21,22). The molecule has 1 amide bonds. The van der Waals surface area contributed by atoms with E-state index >= 15 is 0 Å². The zero-order valence-electron chi connectivity index (χ0n) is 12.7. The fourth-order valence-corrected chi connectivity index (χ4v) is 2.43. The highest BCUT2D eigenvalue weighted by Gasteiger charge is 2.17. The number of rotatable bonds is 5. The van der Waals surface area contributed by atoms with Gasteiger partial charge in [0.15, 0.2) is 0 Å². The maximum atomic E-state index is 11.6. The molecule has 3 aromatic rings. The van der Waals surface area contributed by atoms with E-state index in [4.69, 9.17) is 4.74 Å². The Hall–Kier alpha value is -3.02. The summed E-state index contributed by atoms with van der Waals surface area (Å²) < 4.78 is 7.12. The molecule has 1 aromatic heterocycles. The number of amides is 1. The predicted octanol–water partition coefficient (Wildman–Crippen LogP) is 3.04. The van der Waals surface area contributed by atoms with Crippen molar-refractivity contribution in [2.24, 2.45) is 0 Å². The number of nitrogens with zero attached hydrogens (tertiary/aromatic N) is 3. The van der Waals surface area contributed by atoms with Crippen LogP contribution in [-0.2, 0) is 0 Å². The van der Waals surface area contributed by atoms with Gasteiger partial charge in [-0.05, 0) is 30.7 Å². The first-order chi connectivity index (χ1) is 11.2. The second-order valence-electron chi connectivity index (χ2n) is 5.10. The molecule has 0 aliphatic rings. The molecular formula is C17H17N3O3. The normalized spacial score (nSPS) is 10.7. The molecule has 0 saturated carbocycles. The summed E-state index contributed by atoms with van der Waals surface area (Å²) in [5.74, 6) is 0.712. The molecule has 0 radical (unpaired) electrons. The van der Waals surface area contributed by atoms with Gasteiger partial charge in [0.25, 0.3) is 0 Å². The van der Waals surface area contributed by atoms with E-state index in [-0.39, 0.29) is 13.2 Å². The lowest BCUT2D eigenvalue weighted by atomic mass is 10.2. The number of carboxylic acid groups (broad SMARTS) is 1. The van der Waals surface area contributed by atoms with Crippen molar-refractivity contribution in [2.45, 2.75) is 6.92 Å². The van der Waals surface area contributed by atoms with Crippen molar-refractivity contribution >= 4 is 17.1 Å². The van der Waals surface area contributed by atoms with Gasteiger partial charge in [-0.2, -0.15) is 0 Å². The molecule has 118 valence electrons. The van der Waals surface area contributed by atoms with Crippen LogP contribution in [0.4, 0.5) is 4.79 Å². The second kappa shape index (κ2) is 6.39. The number of aromatic nitrogens is 2. The Balaban J connectivity index is 1.78. The third kappa shape index (κ3) is 3.11. The zero-order valence-corrected chi connectivity index (χ0v) is 12.7. The molecule has 0 bridgehead atoms. The van der Waals surface area contributed by atoms with E-state index in [9.17, 15) is 9.90 Å². The number of hydrogen-bond acceptors (Lipinski definition) is 3. The molecule has 0 fully saturated rings. The van der Waals surface area contributed by atoms with Gasteiger partial charge in [0.1, 0.15) is 18.7 Å². The van der Waals surface area contributed by atoms with Crippen molar-refractivity contribution in [1.82, 2.24) is 9.66 Å². The van der Waals surface area contributed by atoms with Crippen LogP contribution in [-0.4, -0.2) is 34.0 Å². The largest absolute Gasteiger partial charge is 0.492 e. The Morgan fingerprint density at radius 1 is 1.22 bits per heavy atom. The molecule has 0 aliphatic carbocycles. The van der Waals surface area contributed by atoms with Gasteiger partial charge < -0.3 is 9.84 Å². The van der Waals surface area contributed by atoms with Crippen LogP contribution >= 0.6 is 0 Å². The molecule has 1 N–H and O–H groups in total. The van der Waals surface area contributed by atoms with E-state index < -0.39 is 6.09 Å². The number of imidazole rings is 1. The lowest BCUT2D eigenvalue weighted by Gasteiger charge is -2.21. The minimum Gasteiger partial charge on any atom is -0.492 e. The number of benzene rings is 2. The van der Waals surface area contributed by atoms with Crippen LogP contribution in [0.1, 0.15) is 5.56 Å². The average Bonchev–Trinajstić information content (AvgIpc) is 2.97. The summed E-state index contributed by atoms with van der Waals surface area (Å²) in [4.78, 5) is 15.9. The topological polar surface area (TPSA) is 67.6 Å². The van der Waals surface area contributed by atoms with Crippen molar-refractivity contribution < 1.29 is 14.6 Å². The minimum atomic E-state index is -1.05. The number of fused-ring (bicyclic) bond motifs is 1. The molecule has 2 aromatic carbocycles. The van der Waals surface area contributed by atoms with Gasteiger partial charge in [-0.15, -0.1) is 0 Å². The van der Waals surface area contributed by atoms with Crippen LogP contribution in [0.15, 0.2) is 54.9 Å². The molecular weight excluding hydrogens is 294 g/mol. The summed E-state index contributed by atoms with van der Waals surface area (Å²) in [5.41, 5.74) is 2.56. The van der Waals surface area contributed by atoms with Gasteiger partial charge in [0, 0.05) is 0 Å². The number of ether oxygens (including phenoxy) is 1. The molecule has 23 heavy (non-hydrogen) atoms. The first-order valence-corrected chi connectivity index (χ1v) is 7.28. The summed E-state index contributed by atoms with van der Waals surface area (Å²) >= 11 is 0. The number of aryl methyl sites for hydroxylation is 1. The molecule has 0 spiro atoms. The van der Waals surface area contributed by atoms with Gasteiger partial charge in [-0.3, -0.25) is 0 Å². The highest BCUT2D eigenvalue weighted by molar-refractivity contribution is 5.83. The van der Waals surface area contributed by atoms with E-state index in [0.29, 0.717) is 5.75 Å². The van der Waals surface area contributed by atoms with Crippen LogP contribution < -0.4 is 9.75 Å². The lowest BCUT2D eigenvalue weighted by Crippen LogP contribution is -2.41. The van der Waals surface area contributed by atoms with E-state index in [1.165, 1.54) is 11.3 Å². The third-order valence-corrected chi connectivity index (χ3v) is 3.56. The van der Waals surface area contributed by atoms with Crippen LogP contribution in [0.25, 0.3) is 11.0 Å². The van der Waals surface area contributed by atoms with Crippen molar-refractivity contribution in [3.63, 3.8) is 0 Å². The van der Waals surface area contributed by atoms with E-state index in [0.717, 1.165) is 16.6 Å². The molecule has 0 unspecified atom stereocenters. The van der Waals surface area contributed by atoms with Crippen LogP contribution in [0.3, 0.4) is 0 Å². The predicted molar refractivity (Wildman–Crippen MR) is 87.5 cm³/mol. The SMILES string of the molecule is Cc1cccc2c1ncn2N(CCOc1ccccc1)C(=O)O. The highest BCUT2D eigenvalue weighted by atomic mass is 16.5. The van der Waals surface area contributed by atoms with Crippen LogP contribution in [0, 0.1) is 6.92 Å². The smallest absolute Gasteiger partial charge is 0.426 e. The third-order valence-electron chi connectivity index (χ3n) is 3.56. The zero-order chi connectivity index (χ0) is 16.2. The average molecular weight is 311 g/mol. The molecule has 0 saturated heterocycles. The fourth-order valence-electron chi connectivity index (χ4n) is 2.43. The Kier molecular flexibility index (Phi) is 4.14. The molecule has 1 heterocycles. The maximum absolute atomic E-state index is 11.6. The van der Waals surface area contributed by atoms with Crippen molar-refractivity contribution in [1.29, 1.82) is 0 Å². The molecule has 6 heteroatoms. The summed E-state index contributed by atoms with van der Waals surface area (Å²) in [7, 11) is 0. The van der Waals surface area contributed by atoms with Gasteiger partial charge in [0.05, 0.1) is 17.6 Å². The lowest BCUT2D eigenvalue weighted by molar-refractivity contribution is 0.191. The summed E-state index contributed by atoms with van der Waals surface area (Å²) in [6, 6.07) is 15.0. The second-order valence-corrected chi connectivity index (χ2v) is 5.10. The Labute approximate surface area is 133 Å². The van der Waals surface area contributed by atoms with Crippen LogP contribution in [0.5, 0.6) is 5.75 Å². The van der Waals surface area contributed by atoms with E-state index in [2.05, 4.69) is 4.98 Å². The fraction of sp³-hybridized carbons (Fsp3) is 0.176. The van der Waals surface area contributed by atoms with Crippen molar-refractivity contribution in [2.75, 3.05) is 18.2 Å². The van der Waals surface area contributed by atoms with Crippen LogP contribution in [0.2, 0.25) is 0 Å². The Morgan fingerprint density at radius 3 is 2.74 bits per heavy atom. The van der Waals surface area contributed by atoms with Crippen molar-refractivity contribution in [3.05, 3.63) is 60.4 Å². The Bertz CT molecular complexity index is 814. The highest BCUT2D eigenvalue weighted by Crippen LogP contribution is 2.17. The van der Waals surface area contributed by atoms with Gasteiger partial charge in [0.2, 0.25) is 0 Å². The molecule has 0 aliphatic heterocycles. The molecule has 0 atom stereocenters. The minimum absolute atomic E-state index is 0.198.